The summed E-state index contributed by atoms with van der Waals surface area (Å²) >= 11 is 1.24. The van der Waals surface area contributed by atoms with E-state index in [-0.39, 0.29) is 17.9 Å². The van der Waals surface area contributed by atoms with E-state index in [1.54, 1.807) is 6.07 Å². The van der Waals surface area contributed by atoms with E-state index in [1.807, 2.05) is 13.8 Å². The van der Waals surface area contributed by atoms with E-state index in [2.05, 4.69) is 15.3 Å². The van der Waals surface area contributed by atoms with E-state index in [9.17, 15) is 14.3 Å². The van der Waals surface area contributed by atoms with E-state index in [4.69, 9.17) is 9.47 Å². The predicted octanol–water partition coefficient (Wildman–Crippen LogP) is 4.84. The van der Waals surface area contributed by atoms with Crippen LogP contribution in [-0.2, 0) is 4.74 Å². The van der Waals surface area contributed by atoms with Crippen LogP contribution in [0.1, 0.15) is 41.4 Å². The molecule has 0 aliphatic heterocycles. The van der Waals surface area contributed by atoms with Gasteiger partial charge in [-0.3, -0.25) is 0 Å². The quantitative estimate of drug-likeness (QED) is 0.509. The van der Waals surface area contributed by atoms with Gasteiger partial charge in [-0.05, 0) is 49.3 Å². The Labute approximate surface area is 189 Å². The first kappa shape index (κ1) is 22.4. The highest BCUT2D eigenvalue weighted by molar-refractivity contribution is 7.20. The summed E-state index contributed by atoms with van der Waals surface area (Å²) in [5.74, 6) is 0.352. The molecule has 4 rings (SSSR count). The Balaban J connectivity index is 1.62. The average molecular weight is 460 g/mol. The Morgan fingerprint density at radius 1 is 1.34 bits per heavy atom. The number of methoxy groups -OCH3 is 1. The number of halogens is 1. The van der Waals surface area contributed by atoms with Gasteiger partial charge in [0.05, 0.1) is 30.9 Å². The van der Waals surface area contributed by atoms with E-state index in [0.29, 0.717) is 39.0 Å². The molecule has 0 bridgehead atoms. The second-order valence-corrected chi connectivity index (χ2v) is 9.14. The molecule has 1 aliphatic rings. The van der Waals surface area contributed by atoms with Crippen molar-refractivity contribution in [1.29, 1.82) is 0 Å². The highest BCUT2D eigenvalue weighted by atomic mass is 32.1. The summed E-state index contributed by atoms with van der Waals surface area (Å²) in [6.45, 7) is 4.23. The number of thiophene rings is 1. The van der Waals surface area contributed by atoms with Gasteiger partial charge in [-0.2, -0.15) is 0 Å². The first-order valence-corrected chi connectivity index (χ1v) is 11.4. The Bertz CT molecular complexity index is 1140. The summed E-state index contributed by atoms with van der Waals surface area (Å²) in [5.41, 5.74) is 1.27. The van der Waals surface area contributed by atoms with Gasteiger partial charge >= 0.3 is 5.97 Å². The minimum atomic E-state index is -0.425. The summed E-state index contributed by atoms with van der Waals surface area (Å²) in [6, 6.07) is 4.28. The lowest BCUT2D eigenvalue weighted by molar-refractivity contribution is 0.0248. The Morgan fingerprint density at radius 3 is 2.94 bits per heavy atom. The zero-order chi connectivity index (χ0) is 22.8. The Morgan fingerprint density at radius 2 is 2.16 bits per heavy atom. The summed E-state index contributed by atoms with van der Waals surface area (Å²) in [4.78, 5) is 21.8. The molecule has 1 fully saturated rings. The third kappa shape index (κ3) is 4.40. The van der Waals surface area contributed by atoms with Gasteiger partial charge in [0, 0.05) is 6.07 Å². The van der Waals surface area contributed by atoms with E-state index < -0.39 is 11.8 Å². The first-order valence-electron chi connectivity index (χ1n) is 10.6. The van der Waals surface area contributed by atoms with Gasteiger partial charge in [0.1, 0.15) is 33.4 Å². The fraction of sp³-hybridized carbons (Fsp3) is 0.435. The normalized spacial score (nSPS) is 20.8. The van der Waals surface area contributed by atoms with Crippen LogP contribution >= 0.6 is 11.3 Å². The molecule has 1 saturated carbocycles. The second-order valence-electron chi connectivity index (χ2n) is 8.14. The van der Waals surface area contributed by atoms with Gasteiger partial charge < -0.3 is 19.9 Å². The van der Waals surface area contributed by atoms with Crippen molar-refractivity contribution in [2.24, 2.45) is 11.8 Å². The number of benzene rings is 1. The van der Waals surface area contributed by atoms with Crippen LogP contribution < -0.4 is 10.1 Å². The zero-order valence-corrected chi connectivity index (χ0v) is 19.0. The molecule has 3 atom stereocenters. The number of carbonyl (C=O) groups excluding carboxylic acids is 1. The maximum Gasteiger partial charge on any atom is 0.348 e. The number of fused-ring (bicyclic) bond motifs is 1. The molecular weight excluding hydrogens is 433 g/mol. The number of carbonyl (C=O) groups is 1. The smallest absolute Gasteiger partial charge is 0.348 e. The summed E-state index contributed by atoms with van der Waals surface area (Å²) in [6.07, 6.45) is 3.81. The van der Waals surface area contributed by atoms with Crippen molar-refractivity contribution >= 4 is 39.0 Å². The molecule has 2 aromatic heterocycles. The number of ether oxygens (including phenoxy) is 2. The van der Waals surface area contributed by atoms with E-state index in [0.717, 1.165) is 24.8 Å². The standard InChI is InChI=1S/C23H26FN3O4S/c1-12-14(5-4-6-17(12)28)10-31-18-9-15(24)7-8-16(18)27-21-19-13(2)20(23(29)30-3)32-22(19)26-11-25-21/h7-9,11-12,14,17,28H,4-6,10H2,1-3H3,(H,25,26,27)/t12-,14?,17+/m0/s1. The third-order valence-electron chi connectivity index (χ3n) is 6.17. The molecule has 0 saturated heterocycles. The van der Waals surface area contributed by atoms with E-state index >= 15 is 0 Å². The number of aliphatic hydroxyl groups is 1. The molecule has 0 spiro atoms. The number of aliphatic hydroxyl groups excluding tert-OH is 1. The highest BCUT2D eigenvalue weighted by Gasteiger charge is 2.29. The van der Waals surface area contributed by atoms with Gasteiger partial charge in [0.25, 0.3) is 0 Å². The number of nitrogens with zero attached hydrogens (tertiary/aromatic N) is 2. The van der Waals surface area contributed by atoms with Crippen LogP contribution in [-0.4, -0.2) is 40.9 Å². The molecule has 32 heavy (non-hydrogen) atoms. The number of rotatable bonds is 6. The molecule has 1 unspecified atom stereocenters. The maximum absolute atomic E-state index is 14.0. The van der Waals surface area contributed by atoms with Crippen molar-refractivity contribution in [3.8, 4) is 5.75 Å². The van der Waals surface area contributed by atoms with Gasteiger partial charge in [-0.1, -0.05) is 13.3 Å². The summed E-state index contributed by atoms with van der Waals surface area (Å²) in [5, 5.41) is 14.1. The van der Waals surface area contributed by atoms with Gasteiger partial charge in [0.15, 0.2) is 0 Å². The first-order chi connectivity index (χ1) is 15.4. The Hall–Kier alpha value is -2.78. The van der Waals surface area contributed by atoms with Crippen LogP contribution in [0, 0.1) is 24.6 Å². The minimum Gasteiger partial charge on any atom is -0.491 e. The lowest BCUT2D eigenvalue weighted by Crippen LogP contribution is -2.33. The molecular formula is C23H26FN3O4S. The molecule has 9 heteroatoms. The fourth-order valence-electron chi connectivity index (χ4n) is 4.16. The lowest BCUT2D eigenvalue weighted by atomic mass is 9.79. The lowest BCUT2D eigenvalue weighted by Gasteiger charge is -2.33. The number of nitrogens with one attached hydrogen (secondary N) is 1. The van der Waals surface area contributed by atoms with Gasteiger partial charge in [0.2, 0.25) is 0 Å². The van der Waals surface area contributed by atoms with Gasteiger partial charge in [-0.15, -0.1) is 11.3 Å². The number of hydrogen-bond acceptors (Lipinski definition) is 8. The predicted molar refractivity (Wildman–Crippen MR) is 121 cm³/mol. The van der Waals surface area contributed by atoms with Crippen LogP contribution in [0.3, 0.4) is 0 Å². The van der Waals surface area contributed by atoms with Crippen molar-refractivity contribution in [3.05, 3.63) is 40.8 Å². The summed E-state index contributed by atoms with van der Waals surface area (Å²) < 4.78 is 24.9. The minimum absolute atomic E-state index is 0.125. The van der Waals surface area contributed by atoms with Crippen molar-refractivity contribution in [1.82, 2.24) is 9.97 Å². The molecule has 2 N–H and O–H groups in total. The van der Waals surface area contributed by atoms with Crippen LogP contribution in [0.4, 0.5) is 15.9 Å². The largest absolute Gasteiger partial charge is 0.491 e. The average Bonchev–Trinajstić information content (AvgIpc) is 3.13. The molecule has 0 amide bonds. The molecule has 1 aliphatic carbocycles. The number of esters is 1. The highest BCUT2D eigenvalue weighted by Crippen LogP contribution is 2.37. The number of aromatic nitrogens is 2. The van der Waals surface area contributed by atoms with Crippen molar-refractivity contribution in [2.45, 2.75) is 39.2 Å². The summed E-state index contributed by atoms with van der Waals surface area (Å²) in [7, 11) is 1.34. The van der Waals surface area contributed by atoms with Crippen molar-refractivity contribution in [2.75, 3.05) is 19.0 Å². The van der Waals surface area contributed by atoms with Crippen LogP contribution in [0.25, 0.3) is 10.2 Å². The molecule has 0 radical (unpaired) electrons. The van der Waals surface area contributed by atoms with Gasteiger partial charge in [-0.25, -0.2) is 19.2 Å². The second kappa shape index (κ2) is 9.38. The Kier molecular flexibility index (Phi) is 6.57. The fourth-order valence-corrected chi connectivity index (χ4v) is 5.23. The van der Waals surface area contributed by atoms with E-state index in [1.165, 1.54) is 36.9 Å². The maximum atomic E-state index is 14.0. The molecule has 7 nitrogen and oxygen atoms in total. The third-order valence-corrected chi connectivity index (χ3v) is 7.35. The van der Waals surface area contributed by atoms with Crippen molar-refractivity contribution in [3.63, 3.8) is 0 Å². The molecule has 3 aromatic rings. The monoisotopic (exact) mass is 459 g/mol. The molecule has 170 valence electrons. The van der Waals surface area contributed by atoms with Crippen LogP contribution in [0.15, 0.2) is 24.5 Å². The zero-order valence-electron chi connectivity index (χ0n) is 18.2. The van der Waals surface area contributed by atoms with Crippen molar-refractivity contribution < 1.29 is 23.8 Å². The topological polar surface area (TPSA) is 93.6 Å². The van der Waals surface area contributed by atoms with Crippen LogP contribution in [0.5, 0.6) is 5.75 Å². The molecule has 2 heterocycles. The number of aryl methyl sites for hydroxylation is 1. The number of anilines is 2. The van der Waals surface area contributed by atoms with Crippen LogP contribution in [0.2, 0.25) is 0 Å². The SMILES string of the molecule is COC(=O)c1sc2ncnc(Nc3ccc(F)cc3OCC3CCC[C@@H](O)[C@H]3C)c2c1C. The molecule has 1 aromatic carbocycles. The number of hydrogen-bond donors (Lipinski definition) is 2.